The normalized spacial score (nSPS) is 11.4. The molecule has 0 amide bonds. The summed E-state index contributed by atoms with van der Waals surface area (Å²) in [6.07, 6.45) is 1.75. The van der Waals surface area contributed by atoms with Crippen LogP contribution in [0.25, 0.3) is 44.2 Å². The number of methoxy groups -OCH3 is 1. The molecule has 0 aliphatic heterocycles. The Balaban J connectivity index is 1.93. The summed E-state index contributed by atoms with van der Waals surface area (Å²) < 4.78 is 19.3. The van der Waals surface area contributed by atoms with Crippen molar-refractivity contribution in [2.45, 2.75) is 19.8 Å². The van der Waals surface area contributed by atoms with Crippen LogP contribution in [0.15, 0.2) is 54.7 Å². The van der Waals surface area contributed by atoms with Crippen molar-refractivity contribution < 1.29 is 19.0 Å². The molecule has 0 saturated heterocycles. The summed E-state index contributed by atoms with van der Waals surface area (Å²) in [6.45, 7) is 4.11. The van der Waals surface area contributed by atoms with Crippen LogP contribution in [0.5, 0.6) is 5.88 Å². The lowest BCUT2D eigenvalue weighted by Gasteiger charge is -2.21. The predicted octanol–water partition coefficient (Wildman–Crippen LogP) is 5.81. The largest absolute Gasteiger partial charge is 0.480 e. The van der Waals surface area contributed by atoms with Gasteiger partial charge in [0.15, 0.2) is 5.69 Å². The zero-order valence-corrected chi connectivity index (χ0v) is 18.8. The average Bonchev–Trinajstić information content (AvgIpc) is 3.28. The van der Waals surface area contributed by atoms with E-state index in [9.17, 15) is 14.3 Å². The summed E-state index contributed by atoms with van der Waals surface area (Å²) in [4.78, 5) is 20.6. The smallest absolute Gasteiger partial charge is 0.354 e. The van der Waals surface area contributed by atoms with Gasteiger partial charge in [-0.1, -0.05) is 26.0 Å². The highest BCUT2D eigenvalue weighted by molar-refractivity contribution is 6.05. The molecule has 0 bridgehead atoms. The fourth-order valence-corrected chi connectivity index (χ4v) is 4.31. The molecule has 3 aromatic heterocycles. The van der Waals surface area contributed by atoms with Crippen molar-refractivity contribution in [2.75, 3.05) is 7.11 Å². The Bertz CT molecular complexity index is 1560. The van der Waals surface area contributed by atoms with Crippen molar-refractivity contribution in [1.29, 1.82) is 0 Å². The van der Waals surface area contributed by atoms with Crippen LogP contribution in [-0.4, -0.2) is 38.4 Å². The molecule has 2 aromatic carbocycles. The first kappa shape index (κ1) is 21.5. The number of fused-ring (bicyclic) bond motifs is 2. The summed E-state index contributed by atoms with van der Waals surface area (Å²) in [5, 5.41) is 18.3. The zero-order valence-electron chi connectivity index (χ0n) is 18.8. The number of benzene rings is 2. The van der Waals surface area contributed by atoms with Crippen LogP contribution < -0.4 is 4.74 Å². The third-order valence-electron chi connectivity index (χ3n) is 5.82. The van der Waals surface area contributed by atoms with Crippen LogP contribution in [0, 0.1) is 5.82 Å². The maximum absolute atomic E-state index is 13.8. The standard InChI is InChI=1S/C26H21FN4O3/c1-13(2)22-23(14-4-6-16(27)7-5-14)18-10-15-12-28-31-20(15)11-21(18)29-24(22)17-8-9-19(26(32)33)30-25(17)34-3/h4-13H,1-3H3,(H,28,31)(H,32,33). The third-order valence-corrected chi connectivity index (χ3v) is 5.82. The van der Waals surface area contributed by atoms with Crippen molar-refractivity contribution in [3.63, 3.8) is 0 Å². The monoisotopic (exact) mass is 456 g/mol. The molecular weight excluding hydrogens is 435 g/mol. The molecule has 0 fully saturated rings. The highest BCUT2D eigenvalue weighted by Crippen LogP contribution is 2.43. The molecule has 5 rings (SSSR count). The molecule has 0 unspecified atom stereocenters. The molecule has 7 nitrogen and oxygen atoms in total. The molecule has 5 aromatic rings. The summed E-state index contributed by atoms with van der Waals surface area (Å²) in [5.41, 5.74) is 5.31. The number of carboxylic acid groups (broad SMARTS) is 1. The van der Waals surface area contributed by atoms with Crippen molar-refractivity contribution in [3.8, 4) is 28.3 Å². The van der Waals surface area contributed by atoms with E-state index >= 15 is 0 Å². The molecule has 2 N–H and O–H groups in total. The Morgan fingerprint density at radius 1 is 1.09 bits per heavy atom. The first-order chi connectivity index (χ1) is 16.4. The molecule has 0 radical (unpaired) electrons. The van der Waals surface area contributed by atoms with Gasteiger partial charge in [0.25, 0.3) is 0 Å². The van der Waals surface area contributed by atoms with Gasteiger partial charge in [-0.25, -0.2) is 19.2 Å². The number of rotatable bonds is 5. The van der Waals surface area contributed by atoms with Gasteiger partial charge >= 0.3 is 5.97 Å². The van der Waals surface area contributed by atoms with Gasteiger partial charge in [0.2, 0.25) is 5.88 Å². The second-order valence-corrected chi connectivity index (χ2v) is 8.30. The van der Waals surface area contributed by atoms with Crippen molar-refractivity contribution in [2.24, 2.45) is 0 Å². The number of pyridine rings is 2. The third kappa shape index (κ3) is 3.53. The number of aromatic carboxylic acids is 1. The lowest BCUT2D eigenvalue weighted by Crippen LogP contribution is -2.06. The van der Waals surface area contributed by atoms with E-state index in [4.69, 9.17) is 9.72 Å². The summed E-state index contributed by atoms with van der Waals surface area (Å²) in [5.74, 6) is -1.27. The number of H-pyrrole nitrogens is 1. The van der Waals surface area contributed by atoms with Gasteiger partial charge in [0.05, 0.1) is 35.6 Å². The lowest BCUT2D eigenvalue weighted by molar-refractivity contribution is 0.0689. The number of nitrogens with one attached hydrogen (secondary N) is 1. The van der Waals surface area contributed by atoms with Gasteiger partial charge in [-0.05, 0) is 59.0 Å². The molecule has 8 heteroatoms. The van der Waals surface area contributed by atoms with Gasteiger partial charge in [-0.15, -0.1) is 0 Å². The topological polar surface area (TPSA) is 101 Å². The SMILES string of the molecule is COc1nc(C(=O)O)ccc1-c1nc2cc3[nH]ncc3cc2c(-c2ccc(F)cc2)c1C(C)C. The van der Waals surface area contributed by atoms with Gasteiger partial charge in [0, 0.05) is 10.8 Å². The number of carbonyl (C=O) groups is 1. The minimum absolute atomic E-state index is 0.0239. The lowest BCUT2D eigenvalue weighted by atomic mass is 9.86. The van der Waals surface area contributed by atoms with E-state index in [1.807, 2.05) is 12.1 Å². The van der Waals surface area contributed by atoms with Crippen LogP contribution in [0.4, 0.5) is 4.39 Å². The highest BCUT2D eigenvalue weighted by atomic mass is 19.1. The predicted molar refractivity (Wildman–Crippen MR) is 128 cm³/mol. The summed E-state index contributed by atoms with van der Waals surface area (Å²) >= 11 is 0. The Morgan fingerprint density at radius 3 is 2.53 bits per heavy atom. The number of hydrogen-bond donors (Lipinski definition) is 2. The quantitative estimate of drug-likeness (QED) is 0.346. The van der Waals surface area contributed by atoms with Crippen LogP contribution in [0.2, 0.25) is 0 Å². The number of carboxylic acids is 1. The van der Waals surface area contributed by atoms with Gasteiger partial charge in [-0.2, -0.15) is 5.10 Å². The van der Waals surface area contributed by atoms with E-state index in [-0.39, 0.29) is 23.3 Å². The molecule has 0 saturated carbocycles. The van der Waals surface area contributed by atoms with E-state index in [2.05, 4.69) is 29.0 Å². The molecule has 34 heavy (non-hydrogen) atoms. The Morgan fingerprint density at radius 2 is 1.85 bits per heavy atom. The minimum Gasteiger partial charge on any atom is -0.480 e. The second-order valence-electron chi connectivity index (χ2n) is 8.30. The molecular formula is C26H21FN4O3. The molecule has 3 heterocycles. The number of nitrogens with zero attached hydrogens (tertiary/aromatic N) is 3. The zero-order chi connectivity index (χ0) is 24.0. The Labute approximate surface area is 194 Å². The van der Waals surface area contributed by atoms with Crippen molar-refractivity contribution >= 4 is 27.8 Å². The van der Waals surface area contributed by atoms with Crippen LogP contribution >= 0.6 is 0 Å². The first-order valence-corrected chi connectivity index (χ1v) is 10.7. The fourth-order valence-electron chi connectivity index (χ4n) is 4.31. The Hall–Kier alpha value is -4.33. The molecule has 0 atom stereocenters. The van der Waals surface area contributed by atoms with E-state index in [0.29, 0.717) is 16.8 Å². The number of aromatic nitrogens is 4. The molecule has 0 aliphatic rings. The van der Waals surface area contributed by atoms with Crippen LogP contribution in [0.3, 0.4) is 0 Å². The maximum Gasteiger partial charge on any atom is 0.354 e. The van der Waals surface area contributed by atoms with E-state index in [0.717, 1.165) is 33.0 Å². The van der Waals surface area contributed by atoms with Gasteiger partial charge < -0.3 is 9.84 Å². The average molecular weight is 456 g/mol. The first-order valence-electron chi connectivity index (χ1n) is 10.7. The summed E-state index contributed by atoms with van der Waals surface area (Å²) in [6, 6.07) is 13.4. The number of ether oxygens (including phenoxy) is 1. The number of hydrogen-bond acceptors (Lipinski definition) is 5. The molecule has 0 spiro atoms. The van der Waals surface area contributed by atoms with E-state index < -0.39 is 5.97 Å². The number of halogens is 1. The van der Waals surface area contributed by atoms with E-state index in [1.54, 1.807) is 24.4 Å². The Kier molecular flexibility index (Phi) is 5.20. The van der Waals surface area contributed by atoms with Crippen molar-refractivity contribution in [3.05, 3.63) is 71.8 Å². The van der Waals surface area contributed by atoms with Gasteiger partial charge in [0.1, 0.15) is 5.82 Å². The van der Waals surface area contributed by atoms with Crippen molar-refractivity contribution in [1.82, 2.24) is 20.2 Å². The molecule has 0 aliphatic carbocycles. The van der Waals surface area contributed by atoms with E-state index in [1.165, 1.54) is 25.3 Å². The fraction of sp³-hybridized carbons (Fsp3) is 0.154. The highest BCUT2D eigenvalue weighted by Gasteiger charge is 2.24. The van der Waals surface area contributed by atoms with Crippen LogP contribution in [-0.2, 0) is 0 Å². The molecule has 170 valence electrons. The maximum atomic E-state index is 13.8. The van der Waals surface area contributed by atoms with Gasteiger partial charge in [-0.3, -0.25) is 5.10 Å². The summed E-state index contributed by atoms with van der Waals surface area (Å²) in [7, 11) is 1.45. The minimum atomic E-state index is -1.14. The number of aromatic amines is 1. The second kappa shape index (κ2) is 8.22. The van der Waals surface area contributed by atoms with Crippen LogP contribution in [0.1, 0.15) is 35.8 Å².